The van der Waals surface area contributed by atoms with E-state index < -0.39 is 0 Å². The van der Waals surface area contributed by atoms with Gasteiger partial charge in [-0.3, -0.25) is 0 Å². The SMILES string of the molecule is CCCNC(Cc1csc(C)n1)CC(C)(C)C. The molecule has 0 radical (unpaired) electrons. The number of thiazole rings is 1. The van der Waals surface area contributed by atoms with Crippen LogP contribution in [0.2, 0.25) is 0 Å². The van der Waals surface area contributed by atoms with Gasteiger partial charge in [-0.2, -0.15) is 0 Å². The summed E-state index contributed by atoms with van der Waals surface area (Å²) in [5.41, 5.74) is 1.61. The van der Waals surface area contributed by atoms with E-state index in [-0.39, 0.29) is 0 Å². The first kappa shape index (κ1) is 14.7. The Balaban J connectivity index is 2.56. The molecule has 0 bridgehead atoms. The fraction of sp³-hybridized carbons (Fsp3) is 0.786. The highest BCUT2D eigenvalue weighted by Crippen LogP contribution is 2.23. The van der Waals surface area contributed by atoms with Gasteiger partial charge in [0.05, 0.1) is 10.7 Å². The van der Waals surface area contributed by atoms with Crippen molar-refractivity contribution in [2.24, 2.45) is 5.41 Å². The second-order valence-electron chi connectivity index (χ2n) is 5.98. The molecule has 1 aromatic rings. The average Bonchev–Trinajstić information content (AvgIpc) is 2.58. The van der Waals surface area contributed by atoms with E-state index in [1.54, 1.807) is 11.3 Å². The molecular weight excluding hydrogens is 228 g/mol. The van der Waals surface area contributed by atoms with Crippen LogP contribution < -0.4 is 5.32 Å². The quantitative estimate of drug-likeness (QED) is 0.835. The van der Waals surface area contributed by atoms with E-state index in [1.807, 2.05) is 0 Å². The van der Waals surface area contributed by atoms with Crippen LogP contribution in [0.5, 0.6) is 0 Å². The Bertz CT molecular complexity index is 325. The summed E-state index contributed by atoms with van der Waals surface area (Å²) < 4.78 is 0. The normalized spacial score (nSPS) is 13.9. The smallest absolute Gasteiger partial charge is 0.0897 e. The van der Waals surface area contributed by atoms with Crippen molar-refractivity contribution < 1.29 is 0 Å². The Kier molecular flexibility index (Phi) is 5.60. The summed E-state index contributed by atoms with van der Waals surface area (Å²) >= 11 is 1.75. The van der Waals surface area contributed by atoms with Crippen LogP contribution in [0.15, 0.2) is 5.38 Å². The third kappa shape index (κ3) is 6.18. The van der Waals surface area contributed by atoms with E-state index >= 15 is 0 Å². The van der Waals surface area contributed by atoms with Crippen molar-refractivity contribution in [2.75, 3.05) is 6.54 Å². The van der Waals surface area contributed by atoms with Crippen molar-refractivity contribution in [3.63, 3.8) is 0 Å². The molecule has 2 nitrogen and oxygen atoms in total. The van der Waals surface area contributed by atoms with Crippen molar-refractivity contribution in [3.8, 4) is 0 Å². The van der Waals surface area contributed by atoms with Gasteiger partial charge in [-0.1, -0.05) is 27.7 Å². The van der Waals surface area contributed by atoms with Crippen molar-refractivity contribution >= 4 is 11.3 Å². The molecule has 3 heteroatoms. The minimum Gasteiger partial charge on any atom is -0.314 e. The number of aromatic nitrogens is 1. The van der Waals surface area contributed by atoms with Crippen molar-refractivity contribution in [2.45, 2.75) is 59.9 Å². The Morgan fingerprint density at radius 2 is 2.12 bits per heavy atom. The van der Waals surface area contributed by atoms with Crippen LogP contribution in [0.25, 0.3) is 0 Å². The minimum absolute atomic E-state index is 0.372. The molecule has 1 atom stereocenters. The van der Waals surface area contributed by atoms with Gasteiger partial charge in [0.1, 0.15) is 0 Å². The highest BCUT2D eigenvalue weighted by Gasteiger charge is 2.19. The number of nitrogens with one attached hydrogen (secondary N) is 1. The largest absolute Gasteiger partial charge is 0.314 e. The summed E-state index contributed by atoms with van der Waals surface area (Å²) in [6.07, 6.45) is 3.45. The van der Waals surface area contributed by atoms with E-state index in [1.165, 1.54) is 23.5 Å². The Hall–Kier alpha value is -0.410. The summed E-state index contributed by atoms with van der Waals surface area (Å²) in [7, 11) is 0. The maximum Gasteiger partial charge on any atom is 0.0897 e. The Labute approximate surface area is 110 Å². The molecule has 1 heterocycles. The highest BCUT2D eigenvalue weighted by molar-refractivity contribution is 7.09. The van der Waals surface area contributed by atoms with Crippen LogP contribution >= 0.6 is 11.3 Å². The van der Waals surface area contributed by atoms with Gasteiger partial charge >= 0.3 is 0 Å². The minimum atomic E-state index is 0.372. The van der Waals surface area contributed by atoms with E-state index in [0.29, 0.717) is 11.5 Å². The zero-order valence-electron chi connectivity index (χ0n) is 11.8. The molecule has 17 heavy (non-hydrogen) atoms. The topological polar surface area (TPSA) is 24.9 Å². The first-order valence-electron chi connectivity index (χ1n) is 6.55. The number of hydrogen-bond acceptors (Lipinski definition) is 3. The lowest BCUT2D eigenvalue weighted by Gasteiger charge is -2.26. The molecule has 0 saturated carbocycles. The lowest BCUT2D eigenvalue weighted by molar-refractivity contribution is 0.306. The number of nitrogens with zero attached hydrogens (tertiary/aromatic N) is 1. The molecule has 1 aromatic heterocycles. The van der Waals surface area contributed by atoms with E-state index in [4.69, 9.17) is 0 Å². The lowest BCUT2D eigenvalue weighted by atomic mass is 9.86. The lowest BCUT2D eigenvalue weighted by Crippen LogP contribution is -2.35. The highest BCUT2D eigenvalue weighted by atomic mass is 32.1. The number of rotatable bonds is 6. The molecule has 0 amide bonds. The molecule has 1 rings (SSSR count). The molecule has 0 spiro atoms. The van der Waals surface area contributed by atoms with Gasteiger partial charge in [-0.25, -0.2) is 4.98 Å². The molecule has 0 aliphatic carbocycles. The van der Waals surface area contributed by atoms with Gasteiger partial charge in [-0.15, -0.1) is 11.3 Å². The number of hydrogen-bond donors (Lipinski definition) is 1. The fourth-order valence-electron chi connectivity index (χ4n) is 2.06. The van der Waals surface area contributed by atoms with Crippen LogP contribution in [0.4, 0.5) is 0 Å². The average molecular weight is 254 g/mol. The van der Waals surface area contributed by atoms with E-state index in [2.05, 4.69) is 50.3 Å². The third-order valence-corrected chi connectivity index (χ3v) is 3.49. The summed E-state index contributed by atoms with van der Waals surface area (Å²) in [6, 6.07) is 0.552. The molecule has 98 valence electrons. The van der Waals surface area contributed by atoms with Gasteiger partial charge in [-0.05, 0) is 31.7 Å². The van der Waals surface area contributed by atoms with E-state index in [9.17, 15) is 0 Å². The van der Waals surface area contributed by atoms with E-state index in [0.717, 1.165) is 13.0 Å². The first-order chi connectivity index (χ1) is 7.90. The molecule has 1 N–H and O–H groups in total. The summed E-state index contributed by atoms with van der Waals surface area (Å²) in [6.45, 7) is 12.3. The molecular formula is C14H26N2S. The first-order valence-corrected chi connectivity index (χ1v) is 7.43. The Morgan fingerprint density at radius 1 is 1.41 bits per heavy atom. The summed E-state index contributed by atoms with van der Waals surface area (Å²) in [4.78, 5) is 4.57. The molecule has 1 unspecified atom stereocenters. The zero-order valence-corrected chi connectivity index (χ0v) is 12.7. The number of aryl methyl sites for hydroxylation is 1. The van der Waals surface area contributed by atoms with Crippen LogP contribution in [-0.4, -0.2) is 17.6 Å². The maximum absolute atomic E-state index is 4.57. The van der Waals surface area contributed by atoms with Crippen LogP contribution in [0.3, 0.4) is 0 Å². The summed E-state index contributed by atoms with van der Waals surface area (Å²) in [5.74, 6) is 0. The van der Waals surface area contributed by atoms with Gasteiger partial charge < -0.3 is 5.32 Å². The predicted molar refractivity (Wildman–Crippen MR) is 76.7 cm³/mol. The monoisotopic (exact) mass is 254 g/mol. The van der Waals surface area contributed by atoms with Crippen molar-refractivity contribution in [1.82, 2.24) is 10.3 Å². The van der Waals surface area contributed by atoms with Crippen molar-refractivity contribution in [1.29, 1.82) is 0 Å². The van der Waals surface area contributed by atoms with Crippen LogP contribution in [0, 0.1) is 12.3 Å². The predicted octanol–water partition coefficient (Wildman–Crippen LogP) is 3.80. The zero-order chi connectivity index (χ0) is 12.9. The van der Waals surface area contributed by atoms with Gasteiger partial charge in [0.15, 0.2) is 0 Å². The second kappa shape index (κ2) is 6.50. The summed E-state index contributed by atoms with van der Waals surface area (Å²) in [5, 5.41) is 7.01. The van der Waals surface area contributed by atoms with Gasteiger partial charge in [0, 0.05) is 17.8 Å². The Morgan fingerprint density at radius 3 is 2.59 bits per heavy atom. The molecule has 0 aliphatic rings. The van der Waals surface area contributed by atoms with Crippen molar-refractivity contribution in [3.05, 3.63) is 16.1 Å². The van der Waals surface area contributed by atoms with Crippen LogP contribution in [0.1, 0.15) is 51.2 Å². The molecule has 0 saturated heterocycles. The molecule has 0 fully saturated rings. The second-order valence-corrected chi connectivity index (χ2v) is 7.04. The molecule has 0 aromatic carbocycles. The third-order valence-electron chi connectivity index (χ3n) is 2.66. The molecule has 0 aliphatic heterocycles. The maximum atomic E-state index is 4.57. The van der Waals surface area contributed by atoms with Gasteiger partial charge in [0.2, 0.25) is 0 Å². The fourth-order valence-corrected chi connectivity index (χ4v) is 2.68. The standard InChI is InChI=1S/C14H26N2S/c1-6-7-15-12(9-14(3,4)5)8-13-10-17-11(2)16-13/h10,12,15H,6-9H2,1-5H3. The van der Waals surface area contributed by atoms with Crippen LogP contribution in [-0.2, 0) is 6.42 Å². The van der Waals surface area contributed by atoms with Gasteiger partial charge in [0.25, 0.3) is 0 Å².